The van der Waals surface area contributed by atoms with Crippen molar-refractivity contribution in [3.8, 4) is 0 Å². The Morgan fingerprint density at radius 2 is 0.938 bits per heavy atom. The van der Waals surface area contributed by atoms with Crippen LogP contribution >= 0.6 is 11.8 Å². The third kappa shape index (κ3) is 3.24. The molecule has 0 aromatic heterocycles. The lowest BCUT2D eigenvalue weighted by atomic mass is 9.74. The Kier molecular flexibility index (Phi) is 5.38. The van der Waals surface area contributed by atoms with Crippen molar-refractivity contribution in [2.24, 2.45) is 0 Å². The average Bonchev–Trinajstić information content (AvgIpc) is 3.16. The van der Waals surface area contributed by atoms with Crippen LogP contribution in [0, 0.1) is 0 Å². The Morgan fingerprint density at radius 3 is 1.34 bits per heavy atom. The third-order valence-electron chi connectivity index (χ3n) is 5.92. The van der Waals surface area contributed by atoms with E-state index in [1.54, 1.807) is 4.90 Å². The lowest BCUT2D eigenvalue weighted by Crippen LogP contribution is -2.49. The molecule has 0 spiro atoms. The van der Waals surface area contributed by atoms with Crippen molar-refractivity contribution in [3.63, 3.8) is 0 Å². The van der Waals surface area contributed by atoms with Gasteiger partial charge < -0.3 is 4.90 Å². The minimum atomic E-state index is -0.972. The fraction of sp³-hybridized carbons (Fsp3) is 0.0714. The molecule has 1 amide bonds. The van der Waals surface area contributed by atoms with Crippen LogP contribution in [0.1, 0.15) is 28.3 Å². The van der Waals surface area contributed by atoms with Gasteiger partial charge in [0, 0.05) is 11.8 Å². The number of hydrogen-bond acceptors (Lipinski definition) is 3. The molecule has 1 atom stereocenters. The molecule has 0 radical (unpaired) electrons. The molecule has 5 rings (SSSR count). The van der Waals surface area contributed by atoms with E-state index in [1.807, 2.05) is 121 Å². The first kappa shape index (κ1) is 20.3. The van der Waals surface area contributed by atoms with Crippen LogP contribution in [-0.2, 0) is 10.3 Å². The highest BCUT2D eigenvalue weighted by molar-refractivity contribution is 8.26. The number of carbonyl (C=O) groups excluding carboxylic acids is 2. The predicted molar refractivity (Wildman–Crippen MR) is 128 cm³/mol. The second-order valence-corrected chi connectivity index (χ2v) is 8.63. The number of benzene rings is 4. The van der Waals surface area contributed by atoms with E-state index in [0.29, 0.717) is 0 Å². The summed E-state index contributed by atoms with van der Waals surface area (Å²) in [5, 5.41) is -0.409. The molecule has 0 bridgehead atoms. The number of hydrogen-bond donors (Lipinski definition) is 0. The van der Waals surface area contributed by atoms with Crippen molar-refractivity contribution in [3.05, 3.63) is 144 Å². The summed E-state index contributed by atoms with van der Waals surface area (Å²) < 4.78 is 0. The molecule has 156 valence electrons. The van der Waals surface area contributed by atoms with Crippen LogP contribution in [0.25, 0.3) is 0 Å². The predicted octanol–water partition coefficient (Wildman–Crippen LogP) is 6.42. The van der Waals surface area contributed by atoms with E-state index in [0.717, 1.165) is 34.0 Å². The molecular formula is C28H21NO2S. The molecule has 4 aromatic carbocycles. The number of carbonyl (C=O) groups is 2. The van der Waals surface area contributed by atoms with Crippen molar-refractivity contribution in [1.29, 1.82) is 0 Å². The van der Waals surface area contributed by atoms with Crippen LogP contribution in [0.5, 0.6) is 0 Å². The molecule has 1 unspecified atom stereocenters. The fourth-order valence-corrected chi connectivity index (χ4v) is 5.47. The quantitative estimate of drug-likeness (QED) is 0.340. The van der Waals surface area contributed by atoms with Crippen LogP contribution in [0.4, 0.5) is 4.79 Å². The Labute approximate surface area is 191 Å². The van der Waals surface area contributed by atoms with E-state index in [-0.39, 0.29) is 10.4 Å². The Bertz CT molecular complexity index is 1130. The van der Waals surface area contributed by atoms with Gasteiger partial charge in [-0.1, -0.05) is 121 Å². The van der Waals surface area contributed by atoms with Crippen molar-refractivity contribution >= 4 is 22.1 Å². The van der Waals surface area contributed by atoms with Gasteiger partial charge >= 0.3 is 0 Å². The van der Waals surface area contributed by atoms with Gasteiger partial charge in [-0.15, -0.1) is 0 Å². The molecule has 1 aliphatic heterocycles. The highest BCUT2D eigenvalue weighted by Crippen LogP contribution is 2.51. The first-order valence-electron chi connectivity index (χ1n) is 10.5. The smallest absolute Gasteiger partial charge is 0.291 e. The summed E-state index contributed by atoms with van der Waals surface area (Å²) in [6.07, 6.45) is 0. The summed E-state index contributed by atoms with van der Waals surface area (Å²) in [5.74, 6) is 0. The van der Waals surface area contributed by atoms with Crippen LogP contribution in [-0.4, -0.2) is 15.3 Å². The highest BCUT2D eigenvalue weighted by Gasteiger charge is 2.54. The maximum Gasteiger partial charge on any atom is 0.291 e. The fourth-order valence-electron chi connectivity index (χ4n) is 4.61. The lowest BCUT2D eigenvalue weighted by molar-refractivity contribution is -0.115. The molecule has 0 aliphatic carbocycles. The topological polar surface area (TPSA) is 37.4 Å². The van der Waals surface area contributed by atoms with E-state index in [2.05, 4.69) is 0 Å². The second kappa shape index (κ2) is 8.48. The van der Waals surface area contributed by atoms with Crippen LogP contribution in [0.2, 0.25) is 0 Å². The van der Waals surface area contributed by atoms with E-state index in [9.17, 15) is 9.59 Å². The summed E-state index contributed by atoms with van der Waals surface area (Å²) in [5.41, 5.74) is 2.63. The highest BCUT2D eigenvalue weighted by atomic mass is 32.2. The molecule has 1 heterocycles. The Morgan fingerprint density at radius 1 is 0.562 bits per heavy atom. The SMILES string of the molecule is O=C1SC(=O)N(C(c2ccccc2)(c2ccccc2)c2ccccc2)C1c1ccccc1. The van der Waals surface area contributed by atoms with Gasteiger partial charge in [-0.3, -0.25) is 9.59 Å². The minimum absolute atomic E-state index is 0.159. The Balaban J connectivity index is 1.88. The van der Waals surface area contributed by atoms with E-state index in [4.69, 9.17) is 0 Å². The normalized spacial score (nSPS) is 16.4. The van der Waals surface area contributed by atoms with E-state index >= 15 is 0 Å². The zero-order valence-electron chi connectivity index (χ0n) is 17.3. The molecule has 1 fully saturated rings. The molecule has 0 saturated carbocycles. The average molecular weight is 436 g/mol. The number of rotatable bonds is 5. The van der Waals surface area contributed by atoms with Gasteiger partial charge in [-0.2, -0.15) is 0 Å². The van der Waals surface area contributed by atoms with Gasteiger partial charge in [0.25, 0.3) is 5.24 Å². The second-order valence-electron chi connectivity index (χ2n) is 7.68. The minimum Gasteiger partial charge on any atom is -0.300 e. The summed E-state index contributed by atoms with van der Waals surface area (Å²) in [6.45, 7) is 0. The van der Waals surface area contributed by atoms with Gasteiger partial charge in [0.15, 0.2) is 0 Å². The maximum atomic E-state index is 13.6. The molecule has 3 nitrogen and oxygen atoms in total. The number of amides is 1. The van der Waals surface area contributed by atoms with Gasteiger partial charge in [-0.25, -0.2) is 0 Å². The van der Waals surface area contributed by atoms with Gasteiger partial charge in [-0.05, 0) is 22.3 Å². The maximum absolute atomic E-state index is 13.6. The summed E-state index contributed by atoms with van der Waals surface area (Å²) in [6, 6.07) is 38.8. The standard InChI is InChI=1S/C28H21NO2S/c30-26-25(21-13-5-1-6-14-21)29(27(31)32-26)28(22-15-7-2-8-16-22,23-17-9-3-10-18-23)24-19-11-4-12-20-24/h1-20,25H. The van der Waals surface area contributed by atoms with Crippen molar-refractivity contribution in [1.82, 2.24) is 4.90 Å². The van der Waals surface area contributed by atoms with Gasteiger partial charge in [0.1, 0.15) is 11.6 Å². The molecule has 4 heteroatoms. The molecule has 32 heavy (non-hydrogen) atoms. The van der Waals surface area contributed by atoms with E-state index < -0.39 is 11.6 Å². The molecule has 4 aromatic rings. The molecule has 1 saturated heterocycles. The van der Waals surface area contributed by atoms with E-state index in [1.165, 1.54) is 0 Å². The van der Waals surface area contributed by atoms with Crippen molar-refractivity contribution in [2.75, 3.05) is 0 Å². The summed E-state index contributed by atoms with van der Waals surface area (Å²) >= 11 is 0.790. The third-order valence-corrected chi connectivity index (χ3v) is 6.71. The molecule has 0 N–H and O–H groups in total. The Hall–Kier alpha value is -3.63. The molecular weight excluding hydrogens is 414 g/mol. The zero-order valence-corrected chi connectivity index (χ0v) is 18.1. The van der Waals surface area contributed by atoms with Crippen LogP contribution in [0.3, 0.4) is 0 Å². The summed E-state index contributed by atoms with van der Waals surface area (Å²) in [4.78, 5) is 28.6. The van der Waals surface area contributed by atoms with Crippen molar-refractivity contribution < 1.29 is 9.59 Å². The zero-order chi connectivity index (χ0) is 22.0. The van der Waals surface area contributed by atoms with Crippen LogP contribution in [0.15, 0.2) is 121 Å². The van der Waals surface area contributed by atoms with Crippen molar-refractivity contribution in [2.45, 2.75) is 11.6 Å². The number of thioether (sulfide) groups is 1. The molecule has 1 aliphatic rings. The first-order valence-corrected chi connectivity index (χ1v) is 11.3. The van der Waals surface area contributed by atoms with Gasteiger partial charge in [0.05, 0.1) is 0 Å². The van der Waals surface area contributed by atoms with Crippen LogP contribution < -0.4 is 0 Å². The number of nitrogens with zero attached hydrogens (tertiary/aromatic N) is 1. The largest absolute Gasteiger partial charge is 0.300 e. The monoisotopic (exact) mass is 435 g/mol. The lowest BCUT2D eigenvalue weighted by Gasteiger charge is -2.45. The summed E-state index contributed by atoms with van der Waals surface area (Å²) in [7, 11) is 0. The van der Waals surface area contributed by atoms with Gasteiger partial charge in [0.2, 0.25) is 5.12 Å². The first-order chi connectivity index (χ1) is 15.7.